The van der Waals surface area contributed by atoms with Gasteiger partial charge in [-0.1, -0.05) is 12.1 Å². The Hall–Kier alpha value is -2.76. The number of rotatable bonds is 4. The third kappa shape index (κ3) is 4.03. The van der Waals surface area contributed by atoms with Crippen LogP contribution in [0.25, 0.3) is 0 Å². The van der Waals surface area contributed by atoms with Gasteiger partial charge in [-0.15, -0.1) is 0 Å². The number of benzene rings is 1. The Morgan fingerprint density at radius 1 is 1.22 bits per heavy atom. The standard InChI is InChI=1S/C21H27N5O5S/c1-14-12-19(27)22-17-6-4-5-7-18(17)26(14)20(28)13-25-16(3)21(15(2)23-25)32(29,30)24-8-10-31-11-9-24/h4-7,14H,8-13H2,1-3H3,(H,22,27)/t14-/m0/s1. The van der Waals surface area contributed by atoms with Crippen molar-refractivity contribution >= 4 is 33.2 Å². The molecule has 2 aliphatic heterocycles. The van der Waals surface area contributed by atoms with Crippen LogP contribution in [-0.4, -0.2) is 66.7 Å². The molecule has 0 spiro atoms. The van der Waals surface area contributed by atoms with Gasteiger partial charge in [-0.05, 0) is 32.9 Å². The number of sulfonamides is 1. The molecule has 172 valence electrons. The molecule has 1 atom stereocenters. The van der Waals surface area contributed by atoms with E-state index >= 15 is 0 Å². The molecule has 1 N–H and O–H groups in total. The van der Waals surface area contributed by atoms with Gasteiger partial charge in [-0.2, -0.15) is 9.40 Å². The van der Waals surface area contributed by atoms with Crippen molar-refractivity contribution in [3.63, 3.8) is 0 Å². The maximum atomic E-state index is 13.4. The summed E-state index contributed by atoms with van der Waals surface area (Å²) in [7, 11) is -3.75. The van der Waals surface area contributed by atoms with Gasteiger partial charge >= 0.3 is 0 Å². The van der Waals surface area contributed by atoms with Crippen molar-refractivity contribution in [1.29, 1.82) is 0 Å². The highest BCUT2D eigenvalue weighted by Gasteiger charge is 2.34. The second-order valence-electron chi connectivity index (χ2n) is 8.06. The highest BCUT2D eigenvalue weighted by Crippen LogP contribution is 2.32. The van der Waals surface area contributed by atoms with Crippen LogP contribution in [0.15, 0.2) is 29.2 Å². The first-order valence-electron chi connectivity index (χ1n) is 10.5. The smallest absolute Gasteiger partial charge is 0.249 e. The van der Waals surface area contributed by atoms with Gasteiger partial charge < -0.3 is 15.0 Å². The number of amides is 2. The minimum Gasteiger partial charge on any atom is -0.379 e. The Morgan fingerprint density at radius 3 is 2.62 bits per heavy atom. The van der Waals surface area contributed by atoms with Gasteiger partial charge in [0.2, 0.25) is 21.8 Å². The number of aryl methyl sites for hydroxylation is 1. The fraction of sp³-hybridized carbons (Fsp3) is 0.476. The second kappa shape index (κ2) is 8.64. The average molecular weight is 462 g/mol. The van der Waals surface area contributed by atoms with E-state index in [0.717, 1.165) is 0 Å². The SMILES string of the molecule is Cc1nn(CC(=O)N2c3ccccc3NC(=O)C[C@@H]2C)c(C)c1S(=O)(=O)N1CCOCC1. The Morgan fingerprint density at radius 2 is 1.91 bits per heavy atom. The molecule has 0 unspecified atom stereocenters. The number of hydrogen-bond acceptors (Lipinski definition) is 6. The van der Waals surface area contributed by atoms with Gasteiger partial charge in [-0.3, -0.25) is 14.3 Å². The van der Waals surface area contributed by atoms with Gasteiger partial charge in [0.15, 0.2) is 0 Å². The van der Waals surface area contributed by atoms with Gasteiger partial charge in [0.25, 0.3) is 0 Å². The molecular formula is C21H27N5O5S. The first kappa shape index (κ1) is 22.4. The number of nitrogens with zero attached hydrogens (tertiary/aromatic N) is 4. The van der Waals surface area contributed by atoms with Gasteiger partial charge in [0.1, 0.15) is 11.4 Å². The van der Waals surface area contributed by atoms with Crippen molar-refractivity contribution in [3.8, 4) is 0 Å². The minimum absolute atomic E-state index is 0.133. The summed E-state index contributed by atoms with van der Waals surface area (Å²) in [6, 6.07) is 6.77. The lowest BCUT2D eigenvalue weighted by molar-refractivity contribution is -0.120. The van der Waals surface area contributed by atoms with Crippen molar-refractivity contribution in [1.82, 2.24) is 14.1 Å². The lowest BCUT2D eigenvalue weighted by Gasteiger charge is -2.28. The van der Waals surface area contributed by atoms with E-state index < -0.39 is 10.0 Å². The molecule has 0 aliphatic carbocycles. The third-order valence-corrected chi connectivity index (χ3v) is 7.95. The molecular weight excluding hydrogens is 434 g/mol. The highest BCUT2D eigenvalue weighted by atomic mass is 32.2. The van der Waals surface area contributed by atoms with E-state index in [1.807, 2.05) is 6.92 Å². The summed E-state index contributed by atoms with van der Waals surface area (Å²) in [6.07, 6.45) is 0.161. The number of morpholine rings is 1. The van der Waals surface area contributed by atoms with Gasteiger partial charge in [0, 0.05) is 25.6 Å². The first-order valence-corrected chi connectivity index (χ1v) is 12.0. The van der Waals surface area contributed by atoms with E-state index in [-0.39, 0.29) is 48.8 Å². The molecule has 0 saturated carbocycles. The summed E-state index contributed by atoms with van der Waals surface area (Å²) in [6.45, 7) is 6.24. The summed E-state index contributed by atoms with van der Waals surface area (Å²) in [4.78, 5) is 27.3. The summed E-state index contributed by atoms with van der Waals surface area (Å²) in [5, 5.41) is 7.21. The molecule has 2 amide bonds. The van der Waals surface area contributed by atoms with E-state index in [4.69, 9.17) is 4.74 Å². The van der Waals surface area contributed by atoms with Crippen LogP contribution >= 0.6 is 0 Å². The number of carbonyl (C=O) groups excluding carboxylic acids is 2. The number of carbonyl (C=O) groups is 2. The molecule has 1 aromatic carbocycles. The Kier molecular flexibility index (Phi) is 6.06. The van der Waals surface area contributed by atoms with Crippen molar-refractivity contribution in [2.45, 2.75) is 44.7 Å². The Bertz CT molecular complexity index is 1150. The second-order valence-corrected chi connectivity index (χ2v) is 9.93. The predicted molar refractivity (Wildman–Crippen MR) is 118 cm³/mol. The van der Waals surface area contributed by atoms with Crippen molar-refractivity contribution in [3.05, 3.63) is 35.7 Å². The zero-order chi connectivity index (χ0) is 23.0. The van der Waals surface area contributed by atoms with Crippen LogP contribution in [0.4, 0.5) is 11.4 Å². The number of ether oxygens (including phenoxy) is 1. The average Bonchev–Trinajstić information content (AvgIpc) is 2.95. The van der Waals surface area contributed by atoms with Crippen molar-refractivity contribution in [2.24, 2.45) is 0 Å². The third-order valence-electron chi connectivity index (χ3n) is 5.80. The normalized spacial score (nSPS) is 19.9. The molecule has 0 bridgehead atoms. The van der Waals surface area contributed by atoms with E-state index in [1.54, 1.807) is 43.0 Å². The lowest BCUT2D eigenvalue weighted by Crippen LogP contribution is -2.41. The molecule has 1 fully saturated rings. The number of anilines is 2. The molecule has 11 heteroatoms. The molecule has 3 heterocycles. The van der Waals surface area contributed by atoms with Crippen LogP contribution in [0.3, 0.4) is 0 Å². The highest BCUT2D eigenvalue weighted by molar-refractivity contribution is 7.89. The monoisotopic (exact) mass is 461 g/mol. The number of para-hydroxylation sites is 2. The van der Waals surface area contributed by atoms with Gasteiger partial charge in [0.05, 0.1) is 36.0 Å². The summed E-state index contributed by atoms with van der Waals surface area (Å²) in [5.74, 6) is -0.437. The first-order chi connectivity index (χ1) is 15.2. The molecule has 2 aliphatic rings. The fourth-order valence-electron chi connectivity index (χ4n) is 4.30. The van der Waals surface area contributed by atoms with Crippen LogP contribution in [0.1, 0.15) is 24.7 Å². The van der Waals surface area contributed by atoms with E-state index in [0.29, 0.717) is 36.0 Å². The number of hydrogen-bond donors (Lipinski definition) is 1. The molecule has 4 rings (SSSR count). The van der Waals surface area contributed by atoms with Crippen LogP contribution in [-0.2, 0) is 30.9 Å². The van der Waals surface area contributed by atoms with Crippen LogP contribution in [0.5, 0.6) is 0 Å². The molecule has 2 aromatic rings. The van der Waals surface area contributed by atoms with Crippen LogP contribution in [0, 0.1) is 13.8 Å². The number of nitrogens with one attached hydrogen (secondary N) is 1. The van der Waals surface area contributed by atoms with E-state index in [1.165, 1.54) is 8.99 Å². The topological polar surface area (TPSA) is 114 Å². The predicted octanol–water partition coefficient (Wildman–Crippen LogP) is 1.28. The molecule has 1 aromatic heterocycles. The molecule has 1 saturated heterocycles. The lowest BCUT2D eigenvalue weighted by atomic mass is 10.1. The van der Waals surface area contributed by atoms with E-state index in [2.05, 4.69) is 10.4 Å². The van der Waals surface area contributed by atoms with Crippen molar-refractivity contribution < 1.29 is 22.7 Å². The maximum Gasteiger partial charge on any atom is 0.249 e. The maximum absolute atomic E-state index is 13.4. The van der Waals surface area contributed by atoms with Crippen molar-refractivity contribution in [2.75, 3.05) is 36.5 Å². The zero-order valence-electron chi connectivity index (χ0n) is 18.4. The summed E-state index contributed by atoms with van der Waals surface area (Å²) < 4.78 is 34.5. The fourth-order valence-corrected chi connectivity index (χ4v) is 6.08. The Labute approximate surface area is 187 Å². The van der Waals surface area contributed by atoms with Crippen LogP contribution < -0.4 is 10.2 Å². The Balaban J connectivity index is 1.65. The van der Waals surface area contributed by atoms with E-state index in [9.17, 15) is 18.0 Å². The largest absolute Gasteiger partial charge is 0.379 e. The molecule has 0 radical (unpaired) electrons. The summed E-state index contributed by atoms with van der Waals surface area (Å²) in [5.41, 5.74) is 1.94. The summed E-state index contributed by atoms with van der Waals surface area (Å²) >= 11 is 0. The van der Waals surface area contributed by atoms with Gasteiger partial charge in [-0.25, -0.2) is 8.42 Å². The minimum atomic E-state index is -3.75. The zero-order valence-corrected chi connectivity index (χ0v) is 19.2. The number of aromatic nitrogens is 2. The molecule has 10 nitrogen and oxygen atoms in total. The number of fused-ring (bicyclic) bond motifs is 1. The quantitative estimate of drug-likeness (QED) is 0.734. The van der Waals surface area contributed by atoms with Crippen LogP contribution in [0.2, 0.25) is 0 Å². The molecule has 32 heavy (non-hydrogen) atoms.